The van der Waals surface area contributed by atoms with Gasteiger partial charge in [0, 0.05) is 49.3 Å². The summed E-state index contributed by atoms with van der Waals surface area (Å²) in [5.41, 5.74) is 15.0. The summed E-state index contributed by atoms with van der Waals surface area (Å²) < 4.78 is 6.64. The van der Waals surface area contributed by atoms with Gasteiger partial charge in [0.15, 0.2) is 0 Å². The third kappa shape index (κ3) is 5.23. The highest BCUT2D eigenvalue weighted by atomic mass is 16.3. The van der Waals surface area contributed by atoms with E-state index in [1.54, 1.807) is 0 Å². The van der Waals surface area contributed by atoms with Crippen LogP contribution in [0.2, 0.25) is 0 Å². The molecule has 1 aliphatic carbocycles. The summed E-state index contributed by atoms with van der Waals surface area (Å²) in [6.45, 7) is 0. The molecule has 294 valence electrons. The van der Waals surface area contributed by atoms with E-state index >= 15 is 0 Å². The number of furan rings is 1. The van der Waals surface area contributed by atoms with Crippen LogP contribution in [0.25, 0.3) is 76.8 Å². The van der Waals surface area contributed by atoms with E-state index in [0.29, 0.717) is 0 Å². The number of para-hydroxylation sites is 2. The lowest BCUT2D eigenvalue weighted by Crippen LogP contribution is -2.28. The van der Waals surface area contributed by atoms with Gasteiger partial charge < -0.3 is 9.32 Å². The molecule has 0 aliphatic heterocycles. The standard InChI is InChI=1S/C60H38N2O/c1-3-18-41(19-4-1)60(42-20-5-2-6-21-42)52-26-12-9-23-46(52)47-35-34-44(38-53(47)60)62(55-28-15-17-39-16-7-8-22-45(39)55)43-32-30-40(31-33-43)58-51-37-36-49-48-24-11-14-29-56(48)63-59(49)57(51)50-25-10-13-27-54(50)61-58/h1-38H. The number of rotatable bonds is 6. The summed E-state index contributed by atoms with van der Waals surface area (Å²) in [4.78, 5) is 7.77. The normalized spacial score (nSPS) is 12.9. The predicted octanol–water partition coefficient (Wildman–Crippen LogP) is 15.9. The van der Waals surface area contributed by atoms with Crippen molar-refractivity contribution in [2.24, 2.45) is 0 Å². The summed E-state index contributed by atoms with van der Waals surface area (Å²) in [6.07, 6.45) is 0. The zero-order valence-electron chi connectivity index (χ0n) is 34.2. The zero-order valence-corrected chi connectivity index (χ0v) is 34.2. The Bertz CT molecular complexity index is 3690. The highest BCUT2D eigenvalue weighted by molar-refractivity contribution is 6.24. The van der Waals surface area contributed by atoms with E-state index < -0.39 is 5.41 Å². The second-order valence-electron chi connectivity index (χ2n) is 16.6. The van der Waals surface area contributed by atoms with Crippen LogP contribution in [-0.4, -0.2) is 4.98 Å². The topological polar surface area (TPSA) is 29.3 Å². The van der Waals surface area contributed by atoms with Crippen LogP contribution >= 0.6 is 0 Å². The fourth-order valence-corrected chi connectivity index (χ4v) is 10.6. The number of fused-ring (bicyclic) bond motifs is 11. The molecule has 3 nitrogen and oxygen atoms in total. The lowest BCUT2D eigenvalue weighted by molar-refractivity contribution is 0.673. The van der Waals surface area contributed by atoms with Crippen LogP contribution < -0.4 is 4.90 Å². The Hall–Kier alpha value is -8.27. The van der Waals surface area contributed by atoms with Crippen molar-refractivity contribution in [3.63, 3.8) is 0 Å². The Balaban J connectivity index is 1.03. The third-order valence-corrected chi connectivity index (χ3v) is 13.3. The fraction of sp³-hybridized carbons (Fsp3) is 0.0167. The summed E-state index contributed by atoms with van der Waals surface area (Å²) >= 11 is 0. The van der Waals surface area contributed by atoms with Gasteiger partial charge in [-0.05, 0) is 87.3 Å². The van der Waals surface area contributed by atoms with Gasteiger partial charge in [-0.15, -0.1) is 0 Å². The molecular weight excluding hydrogens is 765 g/mol. The molecule has 0 saturated heterocycles. The maximum Gasteiger partial charge on any atom is 0.144 e. The van der Waals surface area contributed by atoms with E-state index in [-0.39, 0.29) is 0 Å². The van der Waals surface area contributed by atoms with Gasteiger partial charge in [-0.2, -0.15) is 0 Å². The van der Waals surface area contributed by atoms with Crippen molar-refractivity contribution in [2.45, 2.75) is 5.41 Å². The van der Waals surface area contributed by atoms with Crippen LogP contribution in [0.3, 0.4) is 0 Å². The number of aromatic nitrogens is 1. The van der Waals surface area contributed by atoms with E-state index in [2.05, 4.69) is 229 Å². The highest BCUT2D eigenvalue weighted by Gasteiger charge is 2.46. The minimum Gasteiger partial charge on any atom is -0.455 e. The molecule has 0 amide bonds. The lowest BCUT2D eigenvalue weighted by atomic mass is 9.67. The first-order valence-electron chi connectivity index (χ1n) is 21.6. The first-order chi connectivity index (χ1) is 31.3. The predicted molar refractivity (Wildman–Crippen MR) is 261 cm³/mol. The van der Waals surface area contributed by atoms with Crippen LogP contribution in [0.4, 0.5) is 17.1 Å². The van der Waals surface area contributed by atoms with Crippen LogP contribution in [0.5, 0.6) is 0 Å². The van der Waals surface area contributed by atoms with Crippen molar-refractivity contribution in [1.82, 2.24) is 4.98 Å². The Morgan fingerprint density at radius 3 is 1.84 bits per heavy atom. The smallest absolute Gasteiger partial charge is 0.144 e. The Morgan fingerprint density at radius 1 is 0.413 bits per heavy atom. The van der Waals surface area contributed by atoms with Crippen molar-refractivity contribution in [3.8, 4) is 22.4 Å². The molecule has 0 bridgehead atoms. The van der Waals surface area contributed by atoms with Gasteiger partial charge in [0.05, 0.1) is 22.3 Å². The van der Waals surface area contributed by atoms with Crippen molar-refractivity contribution < 1.29 is 4.42 Å². The summed E-state index contributed by atoms with van der Waals surface area (Å²) in [7, 11) is 0. The number of nitrogens with zero attached hydrogens (tertiary/aromatic N) is 2. The van der Waals surface area contributed by atoms with Crippen molar-refractivity contribution >= 4 is 71.4 Å². The Kier molecular flexibility index (Phi) is 7.82. The molecule has 2 aromatic heterocycles. The van der Waals surface area contributed by atoms with E-state index in [4.69, 9.17) is 9.40 Å². The van der Waals surface area contributed by atoms with Gasteiger partial charge in [0.25, 0.3) is 0 Å². The van der Waals surface area contributed by atoms with Crippen LogP contribution in [0, 0.1) is 0 Å². The number of anilines is 3. The van der Waals surface area contributed by atoms with E-state index in [1.807, 2.05) is 6.07 Å². The first kappa shape index (κ1) is 35.5. The fourth-order valence-electron chi connectivity index (χ4n) is 10.6. The molecule has 10 aromatic carbocycles. The maximum absolute atomic E-state index is 6.64. The number of hydrogen-bond acceptors (Lipinski definition) is 3. The van der Waals surface area contributed by atoms with Crippen LogP contribution in [0.1, 0.15) is 22.3 Å². The Morgan fingerprint density at radius 2 is 1.03 bits per heavy atom. The van der Waals surface area contributed by atoms with Crippen molar-refractivity contribution in [1.29, 1.82) is 0 Å². The van der Waals surface area contributed by atoms with Crippen molar-refractivity contribution in [2.75, 3.05) is 4.90 Å². The minimum atomic E-state index is -0.521. The molecule has 0 spiro atoms. The first-order valence-corrected chi connectivity index (χ1v) is 21.6. The summed E-state index contributed by atoms with van der Waals surface area (Å²) in [6, 6.07) is 83.5. The lowest BCUT2D eigenvalue weighted by Gasteiger charge is -2.35. The second kappa shape index (κ2) is 13.9. The molecular formula is C60H38N2O. The molecule has 3 heteroatoms. The monoisotopic (exact) mass is 802 g/mol. The van der Waals surface area contributed by atoms with E-state index in [0.717, 1.165) is 71.9 Å². The molecule has 0 N–H and O–H groups in total. The second-order valence-corrected chi connectivity index (χ2v) is 16.6. The van der Waals surface area contributed by atoms with E-state index in [1.165, 1.54) is 44.2 Å². The van der Waals surface area contributed by atoms with Crippen LogP contribution in [-0.2, 0) is 5.41 Å². The molecule has 0 saturated carbocycles. The minimum absolute atomic E-state index is 0.521. The quantitative estimate of drug-likeness (QED) is 0.157. The average molecular weight is 803 g/mol. The number of hydrogen-bond donors (Lipinski definition) is 0. The molecule has 0 radical (unpaired) electrons. The van der Waals surface area contributed by atoms with Gasteiger partial charge in [-0.3, -0.25) is 0 Å². The van der Waals surface area contributed by atoms with Gasteiger partial charge in [0.2, 0.25) is 0 Å². The molecule has 1 aliphatic rings. The molecule has 0 unspecified atom stereocenters. The molecule has 13 rings (SSSR count). The van der Waals surface area contributed by atoms with Gasteiger partial charge in [-0.1, -0.05) is 182 Å². The molecule has 0 fully saturated rings. The molecule has 2 heterocycles. The molecule has 0 atom stereocenters. The zero-order chi connectivity index (χ0) is 41.5. The number of pyridine rings is 1. The molecule has 12 aromatic rings. The highest BCUT2D eigenvalue weighted by Crippen LogP contribution is 2.57. The largest absolute Gasteiger partial charge is 0.455 e. The van der Waals surface area contributed by atoms with Gasteiger partial charge in [-0.25, -0.2) is 4.98 Å². The third-order valence-electron chi connectivity index (χ3n) is 13.3. The van der Waals surface area contributed by atoms with Crippen LogP contribution in [0.15, 0.2) is 235 Å². The van der Waals surface area contributed by atoms with Gasteiger partial charge >= 0.3 is 0 Å². The van der Waals surface area contributed by atoms with Gasteiger partial charge in [0.1, 0.15) is 11.2 Å². The van der Waals surface area contributed by atoms with E-state index in [9.17, 15) is 0 Å². The average Bonchev–Trinajstić information content (AvgIpc) is 3.88. The Labute approximate surface area is 364 Å². The SMILES string of the molecule is c1ccc(C2(c3ccccc3)c3ccccc3-c3ccc(N(c4ccc(-c5nc6ccccc6c6c5ccc5c7ccccc7oc56)cc4)c4cccc5ccccc45)cc32)cc1. The van der Waals surface area contributed by atoms with Crippen molar-refractivity contribution in [3.05, 3.63) is 253 Å². The summed E-state index contributed by atoms with van der Waals surface area (Å²) in [5, 5.41) is 7.84. The summed E-state index contributed by atoms with van der Waals surface area (Å²) in [5.74, 6) is 0. The number of benzene rings is 10. The maximum atomic E-state index is 6.64. The molecule has 63 heavy (non-hydrogen) atoms.